The van der Waals surface area contributed by atoms with Crippen LogP contribution in [0.1, 0.15) is 31.2 Å². The number of carbonyl (C=O) groups excluding carboxylic acids is 2. The molecule has 3 heterocycles. The van der Waals surface area contributed by atoms with Gasteiger partial charge in [0.2, 0.25) is 5.91 Å². The van der Waals surface area contributed by atoms with E-state index in [0.717, 1.165) is 42.4 Å². The molecule has 0 bridgehead atoms. The molecule has 1 aromatic carbocycles. The standard InChI is InChI=1S/C24H29N3O3/c1-25-23(29)24(11-6-13-27(17-24)22(28)21-10-5-14-30-21)15-18-7-2-3-9-20(18)19-8-4-12-26-16-19/h2-4,7-9,12,16,21H,5-6,10-11,13-15,17H2,1H3,(H,25,29). The number of nitrogens with one attached hydrogen (secondary N) is 1. The molecule has 2 atom stereocenters. The summed E-state index contributed by atoms with van der Waals surface area (Å²) in [4.78, 5) is 32.2. The Labute approximate surface area is 177 Å². The predicted octanol–water partition coefficient (Wildman–Crippen LogP) is 2.82. The highest BCUT2D eigenvalue weighted by Gasteiger charge is 2.44. The molecule has 158 valence electrons. The maximum atomic E-state index is 13.1. The molecular formula is C24H29N3O3. The summed E-state index contributed by atoms with van der Waals surface area (Å²) in [7, 11) is 1.68. The Morgan fingerprint density at radius 3 is 2.83 bits per heavy atom. The zero-order valence-electron chi connectivity index (χ0n) is 17.5. The van der Waals surface area contributed by atoms with E-state index in [0.29, 0.717) is 26.1 Å². The number of rotatable bonds is 5. The Balaban J connectivity index is 1.64. The summed E-state index contributed by atoms with van der Waals surface area (Å²) < 4.78 is 5.62. The number of hydrogen-bond donors (Lipinski definition) is 1. The Hall–Kier alpha value is -2.73. The molecule has 6 nitrogen and oxygen atoms in total. The molecule has 0 aliphatic carbocycles. The van der Waals surface area contributed by atoms with Crippen LogP contribution in [0.3, 0.4) is 0 Å². The van der Waals surface area contributed by atoms with Gasteiger partial charge in [-0.25, -0.2) is 0 Å². The number of aromatic nitrogens is 1. The normalized spacial score (nSPS) is 23.9. The van der Waals surface area contributed by atoms with Crippen molar-refractivity contribution in [3.8, 4) is 11.1 Å². The molecule has 0 radical (unpaired) electrons. The third-order valence-corrected chi connectivity index (χ3v) is 6.32. The minimum atomic E-state index is -0.653. The fourth-order valence-electron chi connectivity index (χ4n) is 4.81. The van der Waals surface area contributed by atoms with Crippen LogP contribution in [0.2, 0.25) is 0 Å². The zero-order chi connectivity index (χ0) is 21.0. The molecule has 1 aromatic heterocycles. The minimum absolute atomic E-state index is 0.00618. The average Bonchev–Trinajstić information content (AvgIpc) is 3.34. The molecule has 0 spiro atoms. The molecule has 2 aliphatic heterocycles. The molecule has 6 heteroatoms. The molecule has 2 amide bonds. The highest BCUT2D eigenvalue weighted by Crippen LogP contribution is 2.37. The van der Waals surface area contributed by atoms with Crippen molar-refractivity contribution in [3.63, 3.8) is 0 Å². The SMILES string of the molecule is CNC(=O)C1(Cc2ccccc2-c2cccnc2)CCCN(C(=O)C2CCCO2)C1. The van der Waals surface area contributed by atoms with Crippen molar-refractivity contribution in [2.75, 3.05) is 26.7 Å². The fourth-order valence-corrected chi connectivity index (χ4v) is 4.81. The van der Waals surface area contributed by atoms with Gasteiger partial charge in [-0.2, -0.15) is 0 Å². The van der Waals surface area contributed by atoms with Gasteiger partial charge in [-0.1, -0.05) is 30.3 Å². The lowest BCUT2D eigenvalue weighted by Gasteiger charge is -2.42. The summed E-state index contributed by atoms with van der Waals surface area (Å²) in [5.41, 5.74) is 2.56. The first-order valence-corrected chi connectivity index (χ1v) is 10.7. The predicted molar refractivity (Wildman–Crippen MR) is 115 cm³/mol. The van der Waals surface area contributed by atoms with Gasteiger partial charge in [-0.15, -0.1) is 0 Å². The summed E-state index contributed by atoms with van der Waals surface area (Å²) in [6.07, 6.45) is 7.08. The van der Waals surface area contributed by atoms with Gasteiger partial charge in [0.05, 0.1) is 5.41 Å². The molecule has 2 saturated heterocycles. The molecule has 0 saturated carbocycles. The van der Waals surface area contributed by atoms with Gasteiger partial charge in [-0.3, -0.25) is 14.6 Å². The third-order valence-electron chi connectivity index (χ3n) is 6.32. The summed E-state index contributed by atoms with van der Waals surface area (Å²) in [6.45, 7) is 1.75. The lowest BCUT2D eigenvalue weighted by molar-refractivity contribution is -0.148. The van der Waals surface area contributed by atoms with Crippen LogP contribution in [-0.2, 0) is 20.7 Å². The highest BCUT2D eigenvalue weighted by atomic mass is 16.5. The van der Waals surface area contributed by atoms with Crippen molar-refractivity contribution in [2.45, 2.75) is 38.2 Å². The lowest BCUT2D eigenvalue weighted by atomic mass is 9.73. The smallest absolute Gasteiger partial charge is 0.251 e. The first kappa shape index (κ1) is 20.5. The molecule has 4 rings (SSSR count). The summed E-state index contributed by atoms with van der Waals surface area (Å²) in [6, 6.07) is 12.1. The Morgan fingerprint density at radius 1 is 1.23 bits per heavy atom. The van der Waals surface area contributed by atoms with Gasteiger partial charge in [0.25, 0.3) is 5.91 Å². The van der Waals surface area contributed by atoms with Crippen LogP contribution in [0.5, 0.6) is 0 Å². The van der Waals surface area contributed by atoms with E-state index in [1.54, 1.807) is 13.2 Å². The van der Waals surface area contributed by atoms with Crippen molar-refractivity contribution in [3.05, 3.63) is 54.4 Å². The van der Waals surface area contributed by atoms with E-state index in [-0.39, 0.29) is 17.9 Å². The largest absolute Gasteiger partial charge is 0.368 e. The Bertz CT molecular complexity index is 896. The first-order chi connectivity index (χ1) is 14.6. The third kappa shape index (κ3) is 4.10. The van der Waals surface area contributed by atoms with E-state index in [9.17, 15) is 9.59 Å². The Kier molecular flexibility index (Phi) is 6.13. The van der Waals surface area contributed by atoms with Crippen LogP contribution < -0.4 is 5.32 Å². The summed E-state index contributed by atoms with van der Waals surface area (Å²) in [5, 5.41) is 2.86. The highest BCUT2D eigenvalue weighted by molar-refractivity contribution is 5.86. The number of amides is 2. The average molecular weight is 408 g/mol. The van der Waals surface area contributed by atoms with Crippen LogP contribution in [0.15, 0.2) is 48.8 Å². The number of benzene rings is 1. The molecule has 2 aromatic rings. The molecule has 2 aliphatic rings. The second-order valence-corrected chi connectivity index (χ2v) is 8.30. The Morgan fingerprint density at radius 2 is 2.10 bits per heavy atom. The van der Waals surface area contributed by atoms with Crippen LogP contribution in [0.4, 0.5) is 0 Å². The van der Waals surface area contributed by atoms with Gasteiger partial charge in [0.15, 0.2) is 0 Å². The van der Waals surface area contributed by atoms with Crippen molar-refractivity contribution >= 4 is 11.8 Å². The first-order valence-electron chi connectivity index (χ1n) is 10.7. The lowest BCUT2D eigenvalue weighted by Crippen LogP contribution is -2.55. The van der Waals surface area contributed by atoms with E-state index in [2.05, 4.69) is 22.4 Å². The van der Waals surface area contributed by atoms with Crippen molar-refractivity contribution in [1.82, 2.24) is 15.2 Å². The number of pyridine rings is 1. The molecular weight excluding hydrogens is 378 g/mol. The summed E-state index contributed by atoms with van der Waals surface area (Å²) >= 11 is 0. The van der Waals surface area contributed by atoms with Gasteiger partial charge in [0, 0.05) is 44.7 Å². The van der Waals surface area contributed by atoms with E-state index < -0.39 is 5.41 Å². The van der Waals surface area contributed by atoms with Gasteiger partial charge >= 0.3 is 0 Å². The number of carbonyl (C=O) groups is 2. The van der Waals surface area contributed by atoms with Gasteiger partial charge in [0.1, 0.15) is 6.10 Å². The zero-order valence-corrected chi connectivity index (χ0v) is 17.5. The fraction of sp³-hybridized carbons (Fsp3) is 0.458. The van der Waals surface area contributed by atoms with E-state index >= 15 is 0 Å². The quantitative estimate of drug-likeness (QED) is 0.827. The van der Waals surface area contributed by atoms with Crippen molar-refractivity contribution in [1.29, 1.82) is 0 Å². The van der Waals surface area contributed by atoms with Crippen molar-refractivity contribution < 1.29 is 14.3 Å². The number of piperidine rings is 1. The van der Waals surface area contributed by atoms with Crippen LogP contribution >= 0.6 is 0 Å². The molecule has 2 fully saturated rings. The maximum Gasteiger partial charge on any atom is 0.251 e. The molecule has 2 unspecified atom stereocenters. The maximum absolute atomic E-state index is 13.1. The molecule has 30 heavy (non-hydrogen) atoms. The number of nitrogens with zero attached hydrogens (tertiary/aromatic N) is 2. The van der Waals surface area contributed by atoms with Crippen molar-refractivity contribution in [2.24, 2.45) is 5.41 Å². The second kappa shape index (κ2) is 8.96. The van der Waals surface area contributed by atoms with E-state index in [1.165, 1.54) is 0 Å². The molecule has 1 N–H and O–H groups in total. The topological polar surface area (TPSA) is 71.5 Å². The van der Waals surface area contributed by atoms with E-state index in [1.807, 2.05) is 35.4 Å². The number of hydrogen-bond acceptors (Lipinski definition) is 4. The van der Waals surface area contributed by atoms with Crippen LogP contribution in [-0.4, -0.2) is 54.5 Å². The van der Waals surface area contributed by atoms with Crippen LogP contribution in [0.25, 0.3) is 11.1 Å². The number of ether oxygens (including phenoxy) is 1. The van der Waals surface area contributed by atoms with Gasteiger partial charge in [-0.05, 0) is 49.3 Å². The van der Waals surface area contributed by atoms with Gasteiger partial charge < -0.3 is 15.0 Å². The number of likely N-dealkylation sites (tertiary alicyclic amines) is 1. The van der Waals surface area contributed by atoms with Crippen LogP contribution in [0, 0.1) is 5.41 Å². The second-order valence-electron chi connectivity index (χ2n) is 8.30. The summed E-state index contributed by atoms with van der Waals surface area (Å²) in [5.74, 6) is 0.0225. The minimum Gasteiger partial charge on any atom is -0.368 e. The monoisotopic (exact) mass is 407 g/mol. The van der Waals surface area contributed by atoms with E-state index in [4.69, 9.17) is 4.74 Å².